The Bertz CT molecular complexity index is 1110. The van der Waals surface area contributed by atoms with E-state index in [1.54, 1.807) is 12.3 Å². The van der Waals surface area contributed by atoms with Crippen molar-refractivity contribution < 1.29 is 9.53 Å². The number of nitrogens with zero attached hydrogens (tertiary/aromatic N) is 3. The maximum absolute atomic E-state index is 12.7. The van der Waals surface area contributed by atoms with Crippen LogP contribution in [-0.4, -0.2) is 40.1 Å². The number of benzene rings is 1. The lowest BCUT2D eigenvalue weighted by Gasteiger charge is -2.44. The van der Waals surface area contributed by atoms with E-state index in [2.05, 4.69) is 35.3 Å². The Labute approximate surface area is 178 Å². The number of rotatable bonds is 3. The standard InChI is InChI=1S/C23H23N3O3S/c27-21(16-26-11-4-10-24-22(26)28)25-12-8-23(9-13-25)18-15-20(17-5-2-1-3-6-17)30-19(18)7-14-29-23/h1-6,10-11,15H,7-9,12-14,16H2. The molecule has 1 aromatic carbocycles. The molecule has 2 aliphatic heterocycles. The quantitative estimate of drug-likeness (QED) is 0.652. The van der Waals surface area contributed by atoms with E-state index in [0.717, 1.165) is 25.9 Å². The minimum Gasteiger partial charge on any atom is -0.370 e. The van der Waals surface area contributed by atoms with E-state index in [1.165, 1.54) is 31.6 Å². The zero-order valence-corrected chi connectivity index (χ0v) is 17.4. The summed E-state index contributed by atoms with van der Waals surface area (Å²) in [6.07, 6.45) is 5.54. The molecular weight excluding hydrogens is 398 g/mol. The van der Waals surface area contributed by atoms with E-state index in [1.807, 2.05) is 22.3 Å². The van der Waals surface area contributed by atoms with Gasteiger partial charge in [-0.05, 0) is 36.1 Å². The first-order chi connectivity index (χ1) is 14.6. The fraction of sp³-hybridized carbons (Fsp3) is 0.348. The van der Waals surface area contributed by atoms with Crippen molar-refractivity contribution in [3.8, 4) is 10.4 Å². The number of aromatic nitrogens is 2. The Balaban J connectivity index is 1.33. The molecule has 0 atom stereocenters. The van der Waals surface area contributed by atoms with Gasteiger partial charge < -0.3 is 9.64 Å². The fourth-order valence-corrected chi connectivity index (χ4v) is 5.68. The Hall–Kier alpha value is -2.77. The number of likely N-dealkylation sites (tertiary alicyclic amines) is 1. The maximum Gasteiger partial charge on any atom is 0.347 e. The summed E-state index contributed by atoms with van der Waals surface area (Å²) in [5.41, 5.74) is 1.83. The van der Waals surface area contributed by atoms with Crippen molar-refractivity contribution in [1.29, 1.82) is 0 Å². The predicted octanol–water partition coefficient (Wildman–Crippen LogP) is 3.06. The average Bonchev–Trinajstić information content (AvgIpc) is 3.23. The van der Waals surface area contributed by atoms with Crippen LogP contribution in [0.4, 0.5) is 0 Å². The van der Waals surface area contributed by atoms with Gasteiger partial charge in [0, 0.05) is 41.7 Å². The summed E-state index contributed by atoms with van der Waals surface area (Å²) < 4.78 is 7.71. The molecule has 6 nitrogen and oxygen atoms in total. The van der Waals surface area contributed by atoms with Crippen LogP contribution >= 0.6 is 11.3 Å². The van der Waals surface area contributed by atoms with Crippen molar-refractivity contribution >= 4 is 17.2 Å². The van der Waals surface area contributed by atoms with Gasteiger partial charge in [-0.2, -0.15) is 0 Å². The number of thiophene rings is 1. The van der Waals surface area contributed by atoms with E-state index in [9.17, 15) is 9.59 Å². The van der Waals surface area contributed by atoms with E-state index >= 15 is 0 Å². The third-order valence-corrected chi connectivity index (χ3v) is 7.32. The molecule has 7 heteroatoms. The normalized spacial score (nSPS) is 17.7. The smallest absolute Gasteiger partial charge is 0.347 e. The topological polar surface area (TPSA) is 64.4 Å². The lowest BCUT2D eigenvalue weighted by molar-refractivity contribution is -0.141. The van der Waals surface area contributed by atoms with Crippen molar-refractivity contribution in [2.75, 3.05) is 19.7 Å². The van der Waals surface area contributed by atoms with Crippen LogP contribution in [0.5, 0.6) is 0 Å². The second-order valence-electron chi connectivity index (χ2n) is 7.82. The SMILES string of the molecule is O=C(Cn1cccnc1=O)N1CCC2(CC1)OCCc1sc(-c3ccccc3)cc12. The Morgan fingerprint density at radius 1 is 1.17 bits per heavy atom. The van der Waals surface area contributed by atoms with Gasteiger partial charge >= 0.3 is 5.69 Å². The van der Waals surface area contributed by atoms with Gasteiger partial charge in [0.25, 0.3) is 0 Å². The summed E-state index contributed by atoms with van der Waals surface area (Å²) in [5.74, 6) is -0.0497. The molecule has 1 saturated heterocycles. The van der Waals surface area contributed by atoms with Crippen molar-refractivity contribution in [3.05, 3.63) is 75.8 Å². The highest BCUT2D eigenvalue weighted by molar-refractivity contribution is 7.15. The number of hydrogen-bond donors (Lipinski definition) is 0. The van der Waals surface area contributed by atoms with Crippen LogP contribution in [0.1, 0.15) is 23.3 Å². The molecule has 2 aromatic heterocycles. The van der Waals surface area contributed by atoms with Crippen LogP contribution in [0.25, 0.3) is 10.4 Å². The molecule has 0 radical (unpaired) electrons. The highest BCUT2D eigenvalue weighted by Crippen LogP contribution is 2.46. The van der Waals surface area contributed by atoms with E-state index < -0.39 is 5.69 Å². The van der Waals surface area contributed by atoms with Gasteiger partial charge in [0.2, 0.25) is 5.91 Å². The maximum atomic E-state index is 12.7. The number of hydrogen-bond acceptors (Lipinski definition) is 5. The first kappa shape index (κ1) is 19.2. The van der Waals surface area contributed by atoms with E-state index in [-0.39, 0.29) is 18.1 Å². The van der Waals surface area contributed by atoms with Crippen LogP contribution in [0.3, 0.4) is 0 Å². The molecule has 2 aliphatic rings. The number of fused-ring (bicyclic) bond motifs is 2. The molecule has 1 fully saturated rings. The van der Waals surface area contributed by atoms with Gasteiger partial charge in [-0.1, -0.05) is 30.3 Å². The number of carbonyl (C=O) groups excluding carboxylic acids is 1. The van der Waals surface area contributed by atoms with Gasteiger partial charge in [0.05, 0.1) is 12.2 Å². The Morgan fingerprint density at radius 2 is 1.97 bits per heavy atom. The number of ether oxygens (including phenoxy) is 1. The van der Waals surface area contributed by atoms with E-state index in [0.29, 0.717) is 13.1 Å². The van der Waals surface area contributed by atoms with Crippen LogP contribution in [0, 0.1) is 0 Å². The van der Waals surface area contributed by atoms with Crippen molar-refractivity contribution in [2.24, 2.45) is 0 Å². The fourth-order valence-electron chi connectivity index (χ4n) is 4.45. The molecule has 5 rings (SSSR count). The first-order valence-corrected chi connectivity index (χ1v) is 11.1. The number of piperidine rings is 1. The van der Waals surface area contributed by atoms with Crippen molar-refractivity contribution in [2.45, 2.75) is 31.4 Å². The number of amides is 1. The van der Waals surface area contributed by atoms with Crippen LogP contribution in [0.15, 0.2) is 59.7 Å². The van der Waals surface area contributed by atoms with Gasteiger partial charge in [-0.3, -0.25) is 9.36 Å². The Morgan fingerprint density at radius 3 is 2.73 bits per heavy atom. The molecule has 4 heterocycles. The minimum absolute atomic E-state index is 0.0301. The van der Waals surface area contributed by atoms with Gasteiger partial charge in [-0.25, -0.2) is 9.78 Å². The summed E-state index contributed by atoms with van der Waals surface area (Å²) in [7, 11) is 0. The first-order valence-electron chi connectivity index (χ1n) is 10.3. The summed E-state index contributed by atoms with van der Waals surface area (Å²) in [4.78, 5) is 32.8. The van der Waals surface area contributed by atoms with Crippen LogP contribution < -0.4 is 5.69 Å². The third-order valence-electron chi connectivity index (χ3n) is 6.08. The summed E-state index contributed by atoms with van der Waals surface area (Å²) >= 11 is 1.86. The summed E-state index contributed by atoms with van der Waals surface area (Å²) in [5, 5.41) is 0. The highest BCUT2D eigenvalue weighted by Gasteiger charge is 2.42. The largest absolute Gasteiger partial charge is 0.370 e. The van der Waals surface area contributed by atoms with Gasteiger partial charge in [-0.15, -0.1) is 11.3 Å². The average molecular weight is 422 g/mol. The van der Waals surface area contributed by atoms with Crippen LogP contribution in [0.2, 0.25) is 0 Å². The molecule has 0 saturated carbocycles. The van der Waals surface area contributed by atoms with Crippen molar-refractivity contribution in [1.82, 2.24) is 14.5 Å². The zero-order chi connectivity index (χ0) is 20.6. The lowest BCUT2D eigenvalue weighted by atomic mass is 9.82. The zero-order valence-electron chi connectivity index (χ0n) is 16.6. The molecule has 0 unspecified atom stereocenters. The molecule has 0 aliphatic carbocycles. The molecular formula is C23H23N3O3S. The molecule has 3 aromatic rings. The lowest BCUT2D eigenvalue weighted by Crippen LogP contribution is -2.49. The number of carbonyl (C=O) groups is 1. The van der Waals surface area contributed by atoms with E-state index in [4.69, 9.17) is 4.74 Å². The molecule has 1 amide bonds. The second-order valence-corrected chi connectivity index (χ2v) is 8.95. The van der Waals surface area contributed by atoms with Crippen molar-refractivity contribution in [3.63, 3.8) is 0 Å². The monoisotopic (exact) mass is 421 g/mol. The third kappa shape index (κ3) is 3.48. The minimum atomic E-state index is -0.397. The molecule has 1 spiro atoms. The molecule has 0 bridgehead atoms. The molecule has 30 heavy (non-hydrogen) atoms. The van der Waals surface area contributed by atoms with Gasteiger partial charge in [0.1, 0.15) is 6.54 Å². The highest BCUT2D eigenvalue weighted by atomic mass is 32.1. The molecule has 0 N–H and O–H groups in total. The second kappa shape index (κ2) is 7.81. The van der Waals surface area contributed by atoms with Gasteiger partial charge in [0.15, 0.2) is 0 Å². The predicted molar refractivity (Wildman–Crippen MR) is 115 cm³/mol. The summed E-state index contributed by atoms with van der Waals surface area (Å²) in [6, 6.07) is 14.4. The molecule has 154 valence electrons. The summed E-state index contributed by atoms with van der Waals surface area (Å²) in [6.45, 7) is 2.01. The van der Waals surface area contributed by atoms with Crippen LogP contribution in [-0.2, 0) is 28.1 Å². The Kier molecular flexibility index (Phi) is 5.00.